The lowest BCUT2D eigenvalue weighted by Gasteiger charge is -2.31. The molecule has 1 atom stereocenters. The minimum atomic E-state index is 0.00965. The van der Waals surface area contributed by atoms with Crippen LogP contribution in [0.4, 0.5) is 0 Å². The summed E-state index contributed by atoms with van der Waals surface area (Å²) in [5, 5.41) is 13.2. The second kappa shape index (κ2) is 7.70. The molecule has 1 aromatic carbocycles. The molecule has 3 rings (SSSR count). The number of carbonyl (C=O) groups is 1. The molecule has 0 saturated carbocycles. The van der Waals surface area contributed by atoms with Crippen LogP contribution in [0.15, 0.2) is 28.8 Å². The van der Waals surface area contributed by atoms with Crippen LogP contribution in [0, 0.1) is 19.8 Å². The molecule has 1 N–H and O–H groups in total. The fraction of sp³-hybridized carbons (Fsp3) is 0.474. The van der Waals surface area contributed by atoms with Crippen molar-refractivity contribution in [1.82, 2.24) is 10.1 Å². The van der Waals surface area contributed by atoms with Gasteiger partial charge in [-0.1, -0.05) is 5.16 Å². The van der Waals surface area contributed by atoms with Gasteiger partial charge in [0.2, 0.25) is 0 Å². The van der Waals surface area contributed by atoms with E-state index in [-0.39, 0.29) is 18.4 Å². The van der Waals surface area contributed by atoms with Crippen molar-refractivity contribution in [1.29, 1.82) is 0 Å². The zero-order valence-corrected chi connectivity index (χ0v) is 14.7. The lowest BCUT2D eigenvalue weighted by Crippen LogP contribution is -2.40. The molecule has 6 nitrogen and oxygen atoms in total. The smallest absolute Gasteiger partial charge is 0.253 e. The first-order chi connectivity index (χ1) is 12.1. The third-order valence-electron chi connectivity index (χ3n) is 4.73. The number of ether oxygens (including phenoxy) is 1. The summed E-state index contributed by atoms with van der Waals surface area (Å²) in [5.41, 5.74) is 2.42. The van der Waals surface area contributed by atoms with Gasteiger partial charge in [-0.15, -0.1) is 0 Å². The van der Waals surface area contributed by atoms with Crippen LogP contribution in [0.25, 0.3) is 0 Å². The largest absolute Gasteiger partial charge is 0.489 e. The maximum absolute atomic E-state index is 12.6. The maximum Gasteiger partial charge on any atom is 0.253 e. The Hall–Kier alpha value is -2.34. The number of aliphatic hydroxyl groups excluding tert-OH is 1. The number of aromatic nitrogens is 1. The van der Waals surface area contributed by atoms with Gasteiger partial charge in [0.25, 0.3) is 5.91 Å². The number of rotatable bonds is 5. The number of piperidine rings is 1. The summed E-state index contributed by atoms with van der Waals surface area (Å²) in [4.78, 5) is 14.4. The number of likely N-dealkylation sites (tertiary alicyclic amines) is 1. The molecule has 2 heterocycles. The van der Waals surface area contributed by atoms with Crippen LogP contribution in [0.2, 0.25) is 0 Å². The van der Waals surface area contributed by atoms with E-state index >= 15 is 0 Å². The van der Waals surface area contributed by atoms with E-state index in [2.05, 4.69) is 5.16 Å². The highest BCUT2D eigenvalue weighted by atomic mass is 16.5. The average molecular weight is 344 g/mol. The van der Waals surface area contributed by atoms with Gasteiger partial charge in [-0.3, -0.25) is 4.79 Å². The number of aryl methyl sites for hydroxylation is 2. The molecule has 1 aliphatic rings. The van der Waals surface area contributed by atoms with Gasteiger partial charge < -0.3 is 19.3 Å². The quantitative estimate of drug-likeness (QED) is 0.902. The summed E-state index contributed by atoms with van der Waals surface area (Å²) >= 11 is 0. The topological polar surface area (TPSA) is 75.8 Å². The second-order valence-electron chi connectivity index (χ2n) is 6.56. The number of aliphatic hydroxyl groups is 1. The fourth-order valence-electron chi connectivity index (χ4n) is 3.14. The summed E-state index contributed by atoms with van der Waals surface area (Å²) in [6.45, 7) is 5.64. The van der Waals surface area contributed by atoms with Gasteiger partial charge in [-0.05, 0) is 56.9 Å². The molecule has 0 aliphatic carbocycles. The van der Waals surface area contributed by atoms with Crippen LogP contribution in [0.3, 0.4) is 0 Å². The molecule has 1 saturated heterocycles. The van der Waals surface area contributed by atoms with Gasteiger partial charge in [0.05, 0.1) is 11.3 Å². The standard InChI is InChI=1S/C19H24N2O4/c1-13-18(14(2)25-20-13)12-24-17-7-5-16(6-8-17)19(23)21-9-3-4-15(10-21)11-22/h5-8,15,22H,3-4,9-12H2,1-2H3. The highest BCUT2D eigenvalue weighted by Crippen LogP contribution is 2.21. The van der Waals surface area contributed by atoms with E-state index in [0.717, 1.165) is 36.4 Å². The van der Waals surface area contributed by atoms with Crippen LogP contribution in [-0.2, 0) is 6.61 Å². The Kier molecular flexibility index (Phi) is 5.38. The zero-order chi connectivity index (χ0) is 17.8. The Morgan fingerprint density at radius 3 is 2.76 bits per heavy atom. The minimum Gasteiger partial charge on any atom is -0.489 e. The molecule has 2 aromatic rings. The monoisotopic (exact) mass is 344 g/mol. The number of amides is 1. The first-order valence-electron chi connectivity index (χ1n) is 8.63. The summed E-state index contributed by atoms with van der Waals surface area (Å²) in [5.74, 6) is 1.65. The predicted octanol–water partition coefficient (Wildman–Crippen LogP) is 2.71. The number of hydrogen-bond acceptors (Lipinski definition) is 5. The average Bonchev–Trinajstić information content (AvgIpc) is 2.97. The molecule has 25 heavy (non-hydrogen) atoms. The third-order valence-corrected chi connectivity index (χ3v) is 4.73. The molecule has 0 bridgehead atoms. The van der Waals surface area contributed by atoms with Crippen LogP contribution < -0.4 is 4.74 Å². The van der Waals surface area contributed by atoms with Crippen molar-refractivity contribution in [3.05, 3.63) is 46.8 Å². The number of nitrogens with zero attached hydrogens (tertiary/aromatic N) is 2. The first-order valence-corrected chi connectivity index (χ1v) is 8.63. The van der Waals surface area contributed by atoms with Gasteiger partial charge in [-0.25, -0.2) is 0 Å². The summed E-state index contributed by atoms with van der Waals surface area (Å²) < 4.78 is 10.9. The van der Waals surface area contributed by atoms with Crippen LogP contribution in [-0.4, -0.2) is 40.8 Å². The Bertz CT molecular complexity index is 704. The molecule has 1 unspecified atom stereocenters. The predicted molar refractivity (Wildman–Crippen MR) is 92.5 cm³/mol. The maximum atomic E-state index is 12.6. The van der Waals surface area contributed by atoms with Crippen molar-refractivity contribution in [3.63, 3.8) is 0 Å². The van der Waals surface area contributed by atoms with Gasteiger partial charge in [0.15, 0.2) is 0 Å². The normalized spacial score (nSPS) is 17.6. The van der Waals surface area contributed by atoms with E-state index in [1.54, 1.807) is 24.3 Å². The van der Waals surface area contributed by atoms with Crippen molar-refractivity contribution < 1.29 is 19.2 Å². The molecule has 6 heteroatoms. The number of hydrogen-bond donors (Lipinski definition) is 1. The van der Waals surface area contributed by atoms with Gasteiger partial charge in [0, 0.05) is 25.3 Å². The van der Waals surface area contributed by atoms with E-state index < -0.39 is 0 Å². The van der Waals surface area contributed by atoms with E-state index in [0.29, 0.717) is 24.5 Å². The Morgan fingerprint density at radius 1 is 1.36 bits per heavy atom. The lowest BCUT2D eigenvalue weighted by molar-refractivity contribution is 0.0620. The molecule has 1 aromatic heterocycles. The third kappa shape index (κ3) is 4.02. The van der Waals surface area contributed by atoms with Crippen molar-refractivity contribution in [2.75, 3.05) is 19.7 Å². The van der Waals surface area contributed by atoms with Crippen molar-refractivity contribution >= 4 is 5.91 Å². The van der Waals surface area contributed by atoms with Crippen molar-refractivity contribution in [2.45, 2.75) is 33.3 Å². The zero-order valence-electron chi connectivity index (χ0n) is 14.7. The molecule has 1 amide bonds. The lowest BCUT2D eigenvalue weighted by atomic mass is 9.98. The number of benzene rings is 1. The van der Waals surface area contributed by atoms with Crippen molar-refractivity contribution in [3.8, 4) is 5.75 Å². The van der Waals surface area contributed by atoms with Gasteiger partial charge >= 0.3 is 0 Å². The summed E-state index contributed by atoms with van der Waals surface area (Å²) in [6, 6.07) is 7.18. The molecule has 1 aliphatic heterocycles. The van der Waals surface area contributed by atoms with E-state index in [9.17, 15) is 9.90 Å². The van der Waals surface area contributed by atoms with E-state index in [4.69, 9.17) is 9.26 Å². The summed E-state index contributed by atoms with van der Waals surface area (Å²) in [7, 11) is 0. The Morgan fingerprint density at radius 2 is 2.12 bits per heavy atom. The summed E-state index contributed by atoms with van der Waals surface area (Å²) in [6.07, 6.45) is 1.92. The molecule has 0 radical (unpaired) electrons. The Labute approximate surface area is 147 Å². The van der Waals surface area contributed by atoms with Crippen LogP contribution >= 0.6 is 0 Å². The minimum absolute atomic E-state index is 0.00965. The molecular weight excluding hydrogens is 320 g/mol. The van der Waals surface area contributed by atoms with Crippen molar-refractivity contribution in [2.24, 2.45) is 5.92 Å². The van der Waals surface area contributed by atoms with E-state index in [1.807, 2.05) is 18.7 Å². The molecule has 1 fully saturated rings. The molecular formula is C19H24N2O4. The van der Waals surface area contributed by atoms with Crippen LogP contribution in [0.1, 0.15) is 40.2 Å². The van der Waals surface area contributed by atoms with Crippen LogP contribution in [0.5, 0.6) is 5.75 Å². The molecule has 0 spiro atoms. The second-order valence-corrected chi connectivity index (χ2v) is 6.56. The van der Waals surface area contributed by atoms with E-state index in [1.165, 1.54) is 0 Å². The first kappa shape index (κ1) is 17.5. The van der Waals surface area contributed by atoms with Gasteiger partial charge in [-0.2, -0.15) is 0 Å². The number of carbonyl (C=O) groups excluding carboxylic acids is 1. The SMILES string of the molecule is Cc1noc(C)c1COc1ccc(C(=O)N2CCCC(CO)C2)cc1. The Balaban J connectivity index is 1.61. The van der Waals surface area contributed by atoms with Gasteiger partial charge in [0.1, 0.15) is 18.1 Å². The molecule has 134 valence electrons. The fourth-order valence-corrected chi connectivity index (χ4v) is 3.14. The highest BCUT2D eigenvalue weighted by molar-refractivity contribution is 5.94. The highest BCUT2D eigenvalue weighted by Gasteiger charge is 2.24.